The second-order valence-electron chi connectivity index (χ2n) is 12.8. The average molecular weight is 554 g/mol. The monoisotopic (exact) mass is 553 g/mol. The first-order chi connectivity index (χ1) is 18.1. The normalized spacial score (nSPS) is 50.7. The molecule has 10 nitrogen and oxygen atoms in total. The maximum Gasteiger partial charge on any atom is 0.311 e. The van der Waals surface area contributed by atoms with Gasteiger partial charge in [0, 0.05) is 17.9 Å². The number of aldehydes is 1. The van der Waals surface area contributed by atoms with Crippen LogP contribution >= 0.6 is 0 Å². The molecule has 0 amide bonds. The van der Waals surface area contributed by atoms with Crippen LogP contribution in [0.1, 0.15) is 67.7 Å². The van der Waals surface area contributed by atoms with E-state index in [4.69, 9.17) is 23.7 Å². The number of cyclic esters (lactones) is 1. The number of hydrogen-bond acceptors (Lipinski definition) is 10. The predicted molar refractivity (Wildman–Crippen MR) is 141 cm³/mol. The summed E-state index contributed by atoms with van der Waals surface area (Å²) < 4.78 is 32.0. The predicted octanol–water partition coefficient (Wildman–Crippen LogP) is 2.19. The van der Waals surface area contributed by atoms with Crippen LogP contribution in [-0.2, 0) is 33.3 Å². The van der Waals surface area contributed by atoms with E-state index in [9.17, 15) is 19.8 Å². The molecule has 4 aliphatic rings. The van der Waals surface area contributed by atoms with E-state index in [0.29, 0.717) is 24.8 Å². The van der Waals surface area contributed by atoms with Gasteiger partial charge in [0.1, 0.15) is 17.8 Å². The van der Waals surface area contributed by atoms with Crippen molar-refractivity contribution in [1.82, 2.24) is 4.90 Å². The van der Waals surface area contributed by atoms with Gasteiger partial charge in [0.15, 0.2) is 12.6 Å². The minimum absolute atomic E-state index is 0.178. The number of ether oxygens (including phenoxy) is 5. The first-order valence-electron chi connectivity index (χ1n) is 14.2. The molecule has 13 atom stereocenters. The third-order valence-electron chi connectivity index (χ3n) is 9.42. The van der Waals surface area contributed by atoms with Gasteiger partial charge in [-0.3, -0.25) is 9.59 Å². The first kappa shape index (κ1) is 30.6. The topological polar surface area (TPSA) is 124 Å². The van der Waals surface area contributed by atoms with Gasteiger partial charge in [0.2, 0.25) is 5.79 Å². The van der Waals surface area contributed by atoms with Crippen LogP contribution in [0.4, 0.5) is 0 Å². The maximum atomic E-state index is 13.3. The molecule has 222 valence electrons. The second kappa shape index (κ2) is 10.8. The molecule has 0 saturated carbocycles. The Morgan fingerprint density at radius 3 is 2.38 bits per heavy atom. The van der Waals surface area contributed by atoms with E-state index < -0.39 is 65.5 Å². The standard InChI is InChI=1S/C29H47NO9/c1-10-21-27(6)13-19(14-31)29(38-27)15(2)12-28(7,39-29)24(17(4)22(32)18(5)25(34)36-21)37-26-23(33)20(30(8)9)11-16(3)35-26/h13-18,20-24,26,32-33H,10-12H2,1-9H3/t15-,16-,17+,18-,20+,21-,22+,23-,24-,26+,27?,28-,29?/m1/s1. The molecule has 2 unspecified atom stereocenters. The minimum Gasteiger partial charge on any atom is -0.459 e. The molecule has 0 aliphatic carbocycles. The van der Waals surface area contributed by atoms with Crippen molar-refractivity contribution >= 4 is 12.3 Å². The molecule has 1 spiro atoms. The Hall–Kier alpha value is -1.40. The Bertz CT molecular complexity index is 972. The molecule has 0 aromatic heterocycles. The van der Waals surface area contributed by atoms with E-state index in [2.05, 4.69) is 0 Å². The van der Waals surface area contributed by atoms with E-state index in [1.807, 2.05) is 46.7 Å². The maximum absolute atomic E-state index is 13.3. The zero-order chi connectivity index (χ0) is 29.1. The molecule has 2 N–H and O–H groups in total. The van der Waals surface area contributed by atoms with Gasteiger partial charge < -0.3 is 38.8 Å². The lowest BCUT2D eigenvalue weighted by molar-refractivity contribution is -0.327. The molecule has 3 saturated heterocycles. The highest BCUT2D eigenvalue weighted by atomic mass is 16.8. The third-order valence-corrected chi connectivity index (χ3v) is 9.42. The number of nitrogens with zero attached hydrogens (tertiary/aromatic N) is 1. The lowest BCUT2D eigenvalue weighted by Gasteiger charge is -2.47. The van der Waals surface area contributed by atoms with Crippen LogP contribution in [0, 0.1) is 17.8 Å². The quantitative estimate of drug-likeness (QED) is 0.387. The van der Waals surface area contributed by atoms with Crippen LogP contribution in [0.2, 0.25) is 0 Å². The van der Waals surface area contributed by atoms with Crippen LogP contribution in [0.5, 0.6) is 0 Å². The Morgan fingerprint density at radius 1 is 1.13 bits per heavy atom. The lowest BCUT2D eigenvalue weighted by Crippen LogP contribution is -2.59. The molecule has 4 heterocycles. The molecular formula is C29H47NO9. The summed E-state index contributed by atoms with van der Waals surface area (Å²) in [7, 11) is 3.80. The van der Waals surface area contributed by atoms with Crippen molar-refractivity contribution in [3.05, 3.63) is 11.6 Å². The number of esters is 1. The largest absolute Gasteiger partial charge is 0.459 e. The van der Waals surface area contributed by atoms with E-state index in [1.54, 1.807) is 26.8 Å². The van der Waals surface area contributed by atoms with Gasteiger partial charge in [-0.25, -0.2) is 0 Å². The molecule has 3 bridgehead atoms. The van der Waals surface area contributed by atoms with Crippen molar-refractivity contribution in [3.8, 4) is 0 Å². The highest BCUT2D eigenvalue weighted by molar-refractivity contribution is 5.78. The highest BCUT2D eigenvalue weighted by Gasteiger charge is 2.65. The molecule has 3 fully saturated rings. The van der Waals surface area contributed by atoms with E-state index in [1.165, 1.54) is 0 Å². The Kier molecular flexibility index (Phi) is 8.45. The molecule has 0 radical (unpaired) electrons. The molecule has 10 heteroatoms. The van der Waals surface area contributed by atoms with Crippen LogP contribution in [-0.4, -0.2) is 101 Å². The second-order valence-corrected chi connectivity index (χ2v) is 12.8. The van der Waals surface area contributed by atoms with Crippen molar-refractivity contribution in [1.29, 1.82) is 0 Å². The van der Waals surface area contributed by atoms with Gasteiger partial charge in [-0.2, -0.15) is 0 Å². The van der Waals surface area contributed by atoms with E-state index in [0.717, 1.165) is 6.29 Å². The smallest absolute Gasteiger partial charge is 0.311 e. The minimum atomic E-state index is -1.38. The van der Waals surface area contributed by atoms with Crippen LogP contribution in [0.25, 0.3) is 0 Å². The summed E-state index contributed by atoms with van der Waals surface area (Å²) in [6.45, 7) is 12.9. The number of fused-ring (bicyclic) bond motifs is 2. The number of carbonyl (C=O) groups is 2. The first-order valence-corrected chi connectivity index (χ1v) is 14.2. The summed E-state index contributed by atoms with van der Waals surface area (Å²) in [6, 6.07) is -0.198. The summed E-state index contributed by atoms with van der Waals surface area (Å²) in [6.07, 6.45) is -0.824. The zero-order valence-electron chi connectivity index (χ0n) is 24.7. The van der Waals surface area contributed by atoms with Gasteiger partial charge in [0.25, 0.3) is 0 Å². The number of carbonyl (C=O) groups excluding carboxylic acids is 2. The SMILES string of the molecule is CC[C@H]1OC(=O)[C@H](C)[C@@H](O)[C@H](C)[C@@H](O[C@@H]2O[C@H](C)C[C@H](N(C)C)[C@H]2O)[C@@]2(C)C[C@@H](C)C3(OC1(C)C=C3C=O)O2. The fourth-order valence-electron chi connectivity index (χ4n) is 7.22. The van der Waals surface area contributed by atoms with Crippen LogP contribution < -0.4 is 0 Å². The fourth-order valence-corrected chi connectivity index (χ4v) is 7.22. The summed E-state index contributed by atoms with van der Waals surface area (Å²) in [4.78, 5) is 27.6. The van der Waals surface area contributed by atoms with Crippen LogP contribution in [0.3, 0.4) is 0 Å². The Labute approximate surface area is 231 Å². The lowest BCUT2D eigenvalue weighted by atomic mass is 9.78. The molecule has 4 rings (SSSR count). The number of aliphatic hydroxyl groups excluding tert-OH is 2. The van der Waals surface area contributed by atoms with Gasteiger partial charge in [-0.1, -0.05) is 20.8 Å². The average Bonchev–Trinajstić information content (AvgIpc) is 3.31. The summed E-state index contributed by atoms with van der Waals surface area (Å²) in [5.41, 5.74) is -1.83. The fraction of sp³-hybridized carbons (Fsp3) is 0.862. The van der Waals surface area contributed by atoms with Gasteiger partial charge in [0.05, 0.1) is 35.4 Å². The van der Waals surface area contributed by atoms with Crippen molar-refractivity contribution < 1.29 is 43.5 Å². The zero-order valence-corrected chi connectivity index (χ0v) is 24.7. The number of likely N-dealkylation sites (N-methyl/N-ethyl adjacent to an activating group) is 1. The molecule has 39 heavy (non-hydrogen) atoms. The van der Waals surface area contributed by atoms with E-state index in [-0.39, 0.29) is 18.1 Å². The molecule has 4 aliphatic heterocycles. The number of hydrogen-bond donors (Lipinski definition) is 2. The van der Waals surface area contributed by atoms with Crippen molar-refractivity contribution in [3.63, 3.8) is 0 Å². The van der Waals surface area contributed by atoms with Crippen molar-refractivity contribution in [2.75, 3.05) is 14.1 Å². The van der Waals surface area contributed by atoms with Gasteiger partial charge in [-0.15, -0.1) is 0 Å². The van der Waals surface area contributed by atoms with Crippen molar-refractivity contribution in [2.24, 2.45) is 17.8 Å². The number of aliphatic hydroxyl groups is 2. The molecule has 0 aromatic carbocycles. The highest BCUT2D eigenvalue weighted by Crippen LogP contribution is 2.56. The summed E-state index contributed by atoms with van der Waals surface area (Å²) >= 11 is 0. The van der Waals surface area contributed by atoms with Crippen molar-refractivity contribution in [2.45, 2.75) is 128 Å². The van der Waals surface area contributed by atoms with Gasteiger partial charge in [-0.05, 0) is 67.1 Å². The molecular weight excluding hydrogens is 506 g/mol. The van der Waals surface area contributed by atoms with E-state index >= 15 is 0 Å². The Morgan fingerprint density at radius 2 is 1.79 bits per heavy atom. The summed E-state index contributed by atoms with van der Waals surface area (Å²) in [5, 5.41) is 22.7. The Balaban J connectivity index is 1.79. The molecule has 0 aromatic rings. The van der Waals surface area contributed by atoms with Crippen LogP contribution in [0.15, 0.2) is 11.6 Å². The van der Waals surface area contributed by atoms with Gasteiger partial charge >= 0.3 is 5.97 Å². The third kappa shape index (κ3) is 5.11. The summed E-state index contributed by atoms with van der Waals surface area (Å²) in [5.74, 6) is -3.73. The number of rotatable bonds is 5.